The maximum absolute atomic E-state index is 14.2. The lowest BCUT2D eigenvalue weighted by Gasteiger charge is -2.26. The molecule has 0 spiro atoms. The van der Waals surface area contributed by atoms with Gasteiger partial charge >= 0.3 is 0 Å². The van der Waals surface area contributed by atoms with Gasteiger partial charge in [0.05, 0.1) is 21.6 Å². The number of methoxy groups -OCH3 is 1. The minimum atomic E-state index is -0.103. The highest BCUT2D eigenvalue weighted by Crippen LogP contribution is 2.42. The van der Waals surface area contributed by atoms with Gasteiger partial charge in [0.1, 0.15) is 11.5 Å². The van der Waals surface area contributed by atoms with Crippen LogP contribution in [-0.4, -0.2) is 12.9 Å². The second kappa shape index (κ2) is 10.7. The Labute approximate surface area is 232 Å². The SMILES string of the molecule is COc1cc(C(=O)c2cc(C(C)(C)C)cc(C(C)(C)C)c2)c(Oc2c(Br)cccc2Br)cc1C(C)C. The van der Waals surface area contributed by atoms with Crippen LogP contribution in [0.5, 0.6) is 17.2 Å². The zero-order valence-corrected chi connectivity index (χ0v) is 25.8. The standard InChI is InChI=1S/C31H36Br2O3/c1-18(2)22-16-27(36-29-24(32)11-10-12-25(29)33)23(17-26(22)35-9)28(34)19-13-20(30(3,4)5)15-21(14-19)31(6,7)8/h10-18H,1-9H3. The molecular weight excluding hydrogens is 580 g/mol. The molecular formula is C31H36Br2O3. The number of ketones is 1. The van der Waals surface area contributed by atoms with Crippen LogP contribution in [0.15, 0.2) is 57.5 Å². The van der Waals surface area contributed by atoms with E-state index in [9.17, 15) is 4.79 Å². The average Bonchev–Trinajstić information content (AvgIpc) is 2.79. The van der Waals surface area contributed by atoms with Crippen molar-refractivity contribution in [3.05, 3.63) is 85.3 Å². The van der Waals surface area contributed by atoms with Crippen LogP contribution >= 0.6 is 31.9 Å². The van der Waals surface area contributed by atoms with Gasteiger partial charge in [0.2, 0.25) is 0 Å². The van der Waals surface area contributed by atoms with Gasteiger partial charge in [-0.15, -0.1) is 0 Å². The lowest BCUT2D eigenvalue weighted by atomic mass is 9.79. The van der Waals surface area contributed by atoms with Crippen LogP contribution in [0.1, 0.15) is 93.9 Å². The molecule has 5 heteroatoms. The van der Waals surface area contributed by atoms with Crippen molar-refractivity contribution in [2.75, 3.05) is 7.11 Å². The molecule has 0 heterocycles. The van der Waals surface area contributed by atoms with Gasteiger partial charge in [0.25, 0.3) is 0 Å². The lowest BCUT2D eigenvalue weighted by Crippen LogP contribution is -2.18. The summed E-state index contributed by atoms with van der Waals surface area (Å²) in [5.41, 5.74) is 4.13. The zero-order chi connectivity index (χ0) is 27.0. The molecule has 3 rings (SSSR count). The number of hydrogen-bond acceptors (Lipinski definition) is 3. The molecule has 3 aromatic rings. The van der Waals surface area contributed by atoms with Gasteiger partial charge in [-0.3, -0.25) is 4.79 Å². The Morgan fingerprint density at radius 2 is 1.33 bits per heavy atom. The number of para-hydroxylation sites is 1. The molecule has 0 radical (unpaired) electrons. The predicted octanol–water partition coefficient (Wildman–Crippen LogP) is 9.96. The molecule has 36 heavy (non-hydrogen) atoms. The number of carbonyl (C=O) groups is 1. The first kappa shape index (κ1) is 28.5. The van der Waals surface area contributed by atoms with E-state index in [2.05, 4.69) is 93.3 Å². The number of halogens is 2. The number of rotatable bonds is 6. The highest BCUT2D eigenvalue weighted by Gasteiger charge is 2.26. The van der Waals surface area contributed by atoms with E-state index in [0.717, 1.165) is 25.6 Å². The molecule has 3 aromatic carbocycles. The summed E-state index contributed by atoms with van der Waals surface area (Å²) in [6.45, 7) is 17.2. The van der Waals surface area contributed by atoms with E-state index in [1.165, 1.54) is 0 Å². The molecule has 0 saturated carbocycles. The van der Waals surface area contributed by atoms with Crippen LogP contribution < -0.4 is 9.47 Å². The molecule has 0 fully saturated rings. The second-order valence-corrected chi connectivity index (χ2v) is 13.2. The third kappa shape index (κ3) is 6.23. The van der Waals surface area contributed by atoms with Crippen molar-refractivity contribution in [3.63, 3.8) is 0 Å². The quantitative estimate of drug-likeness (QED) is 0.259. The summed E-state index contributed by atoms with van der Waals surface area (Å²) in [4.78, 5) is 14.2. The second-order valence-electron chi connectivity index (χ2n) is 11.5. The Morgan fingerprint density at radius 3 is 1.78 bits per heavy atom. The minimum Gasteiger partial charge on any atom is -0.496 e. The number of ether oxygens (including phenoxy) is 2. The fourth-order valence-corrected chi connectivity index (χ4v) is 5.10. The first-order valence-corrected chi connectivity index (χ1v) is 13.8. The fourth-order valence-electron chi connectivity index (χ4n) is 3.94. The topological polar surface area (TPSA) is 35.5 Å². The Bertz CT molecular complexity index is 1230. The van der Waals surface area contributed by atoms with E-state index in [4.69, 9.17) is 9.47 Å². The van der Waals surface area contributed by atoms with E-state index < -0.39 is 0 Å². The molecule has 3 nitrogen and oxygen atoms in total. The van der Waals surface area contributed by atoms with E-state index in [0.29, 0.717) is 28.4 Å². The maximum atomic E-state index is 14.2. The first-order chi connectivity index (χ1) is 16.6. The third-order valence-corrected chi connectivity index (χ3v) is 7.51. The van der Waals surface area contributed by atoms with Gasteiger partial charge in [-0.1, -0.05) is 67.5 Å². The monoisotopic (exact) mass is 614 g/mol. The van der Waals surface area contributed by atoms with Gasteiger partial charge in [0, 0.05) is 11.1 Å². The normalized spacial score (nSPS) is 12.1. The summed E-state index contributed by atoms with van der Waals surface area (Å²) in [6.07, 6.45) is 0. The molecule has 0 atom stereocenters. The van der Waals surface area contributed by atoms with E-state index in [1.807, 2.05) is 42.5 Å². The summed E-state index contributed by atoms with van der Waals surface area (Å²) >= 11 is 7.17. The molecule has 0 unspecified atom stereocenters. The van der Waals surface area contributed by atoms with E-state index >= 15 is 0 Å². The van der Waals surface area contributed by atoms with Gasteiger partial charge in [-0.05, 0) is 96.1 Å². The lowest BCUT2D eigenvalue weighted by molar-refractivity contribution is 0.103. The van der Waals surface area contributed by atoms with Crippen molar-refractivity contribution in [3.8, 4) is 17.2 Å². The van der Waals surface area contributed by atoms with Gasteiger partial charge in [-0.25, -0.2) is 0 Å². The molecule has 0 aliphatic heterocycles. The summed E-state index contributed by atoms with van der Waals surface area (Å²) in [5, 5.41) is 0. The summed E-state index contributed by atoms with van der Waals surface area (Å²) in [5.74, 6) is 1.87. The summed E-state index contributed by atoms with van der Waals surface area (Å²) < 4.78 is 13.7. The minimum absolute atomic E-state index is 0.0987. The zero-order valence-electron chi connectivity index (χ0n) is 22.7. The predicted molar refractivity (Wildman–Crippen MR) is 156 cm³/mol. The van der Waals surface area contributed by atoms with Crippen molar-refractivity contribution in [1.82, 2.24) is 0 Å². The van der Waals surface area contributed by atoms with Crippen LogP contribution in [-0.2, 0) is 10.8 Å². The molecule has 0 saturated heterocycles. The first-order valence-electron chi connectivity index (χ1n) is 12.2. The smallest absolute Gasteiger partial charge is 0.196 e. The number of benzene rings is 3. The van der Waals surface area contributed by atoms with Crippen LogP contribution in [0.3, 0.4) is 0 Å². The van der Waals surface area contributed by atoms with Crippen molar-refractivity contribution >= 4 is 37.6 Å². The molecule has 0 aliphatic rings. The van der Waals surface area contributed by atoms with Crippen molar-refractivity contribution < 1.29 is 14.3 Å². The largest absolute Gasteiger partial charge is 0.496 e. The highest BCUT2D eigenvalue weighted by atomic mass is 79.9. The van der Waals surface area contributed by atoms with Crippen LogP contribution in [0, 0.1) is 0 Å². The Morgan fingerprint density at radius 1 is 0.806 bits per heavy atom. The maximum Gasteiger partial charge on any atom is 0.196 e. The molecule has 0 N–H and O–H groups in total. The van der Waals surface area contributed by atoms with Gasteiger partial charge in [-0.2, -0.15) is 0 Å². The Hall–Kier alpha value is -2.11. The summed E-state index contributed by atoms with van der Waals surface area (Å²) in [6, 6.07) is 15.7. The summed E-state index contributed by atoms with van der Waals surface area (Å²) in [7, 11) is 1.64. The number of hydrogen-bond donors (Lipinski definition) is 0. The van der Waals surface area contributed by atoms with Gasteiger partial charge in [0.15, 0.2) is 11.5 Å². The van der Waals surface area contributed by atoms with E-state index in [1.54, 1.807) is 7.11 Å². The molecule has 192 valence electrons. The fraction of sp³-hybridized carbons (Fsp3) is 0.387. The van der Waals surface area contributed by atoms with Crippen molar-refractivity contribution in [2.24, 2.45) is 0 Å². The third-order valence-electron chi connectivity index (χ3n) is 6.26. The average molecular weight is 616 g/mol. The Balaban J connectivity index is 2.27. The molecule has 0 aliphatic carbocycles. The van der Waals surface area contributed by atoms with Crippen LogP contribution in [0.25, 0.3) is 0 Å². The highest BCUT2D eigenvalue weighted by molar-refractivity contribution is 9.11. The Kier molecular flexibility index (Phi) is 8.47. The van der Waals surface area contributed by atoms with Crippen molar-refractivity contribution in [1.29, 1.82) is 0 Å². The van der Waals surface area contributed by atoms with Crippen LogP contribution in [0.2, 0.25) is 0 Å². The molecule has 0 aromatic heterocycles. The van der Waals surface area contributed by atoms with Crippen molar-refractivity contribution in [2.45, 2.75) is 72.1 Å². The van der Waals surface area contributed by atoms with Gasteiger partial charge < -0.3 is 9.47 Å². The molecule has 0 amide bonds. The molecule has 0 bridgehead atoms. The number of carbonyl (C=O) groups excluding carboxylic acids is 1. The van der Waals surface area contributed by atoms with Crippen LogP contribution in [0.4, 0.5) is 0 Å². The van der Waals surface area contributed by atoms with E-state index in [-0.39, 0.29) is 22.5 Å².